The van der Waals surface area contributed by atoms with Crippen LogP contribution < -0.4 is 10.0 Å². The SMILES string of the molecule is Cc1ccc(NS(=O)(=O)Cc2ccco2)cc1C(=O)Nc1ccc(F)c(Cl)c1. The lowest BCUT2D eigenvalue weighted by Crippen LogP contribution is -2.17. The average Bonchev–Trinajstić information content (AvgIpc) is 3.11. The number of halogens is 2. The van der Waals surface area contributed by atoms with Gasteiger partial charge in [-0.2, -0.15) is 0 Å². The maximum Gasteiger partial charge on any atom is 0.256 e. The Morgan fingerprint density at radius 2 is 1.89 bits per heavy atom. The fraction of sp³-hybridized carbons (Fsp3) is 0.105. The van der Waals surface area contributed by atoms with Crippen molar-refractivity contribution < 1.29 is 22.0 Å². The molecular formula is C19H16ClFN2O4S. The molecule has 0 aliphatic heterocycles. The van der Waals surface area contributed by atoms with E-state index in [0.717, 1.165) is 6.07 Å². The summed E-state index contributed by atoms with van der Waals surface area (Å²) in [6, 6.07) is 11.6. The van der Waals surface area contributed by atoms with Crippen LogP contribution in [0.3, 0.4) is 0 Å². The first kappa shape index (κ1) is 19.9. The molecule has 1 heterocycles. The Bertz CT molecular complexity index is 1110. The molecule has 0 saturated heterocycles. The molecule has 0 aliphatic carbocycles. The lowest BCUT2D eigenvalue weighted by molar-refractivity contribution is 0.102. The zero-order valence-electron chi connectivity index (χ0n) is 14.7. The number of rotatable bonds is 6. The number of amides is 1. The summed E-state index contributed by atoms with van der Waals surface area (Å²) in [5.74, 6) is -1.11. The molecule has 0 aliphatic rings. The zero-order valence-corrected chi connectivity index (χ0v) is 16.3. The highest BCUT2D eigenvalue weighted by Gasteiger charge is 2.16. The van der Waals surface area contributed by atoms with Gasteiger partial charge in [-0.15, -0.1) is 0 Å². The molecule has 0 radical (unpaired) electrons. The monoisotopic (exact) mass is 422 g/mol. The third-order valence-electron chi connectivity index (χ3n) is 3.85. The van der Waals surface area contributed by atoms with Crippen LogP contribution in [0, 0.1) is 12.7 Å². The second-order valence-corrected chi connectivity index (χ2v) is 8.18. The number of hydrogen-bond donors (Lipinski definition) is 2. The molecule has 0 atom stereocenters. The fourth-order valence-electron chi connectivity index (χ4n) is 2.50. The highest BCUT2D eigenvalue weighted by molar-refractivity contribution is 7.91. The topological polar surface area (TPSA) is 88.4 Å². The van der Waals surface area contributed by atoms with Gasteiger partial charge >= 0.3 is 0 Å². The Labute approximate surface area is 166 Å². The molecule has 1 amide bonds. The number of anilines is 2. The third-order valence-corrected chi connectivity index (χ3v) is 5.35. The summed E-state index contributed by atoms with van der Waals surface area (Å²) in [7, 11) is -3.72. The van der Waals surface area contributed by atoms with Gasteiger partial charge in [0.1, 0.15) is 17.3 Å². The van der Waals surface area contributed by atoms with E-state index in [2.05, 4.69) is 10.0 Å². The van der Waals surface area contributed by atoms with E-state index in [-0.39, 0.29) is 22.0 Å². The van der Waals surface area contributed by atoms with Crippen LogP contribution in [0.25, 0.3) is 0 Å². The van der Waals surface area contributed by atoms with Gasteiger partial charge in [0, 0.05) is 16.9 Å². The quantitative estimate of drug-likeness (QED) is 0.608. The normalized spacial score (nSPS) is 11.2. The van der Waals surface area contributed by atoms with Crippen molar-refractivity contribution in [3.8, 4) is 0 Å². The van der Waals surface area contributed by atoms with Gasteiger partial charge in [-0.05, 0) is 55.0 Å². The molecule has 0 saturated carbocycles. The second kappa shape index (κ2) is 8.04. The molecule has 28 heavy (non-hydrogen) atoms. The molecular weight excluding hydrogens is 407 g/mol. The van der Waals surface area contributed by atoms with Crippen LogP contribution in [0.15, 0.2) is 59.2 Å². The summed E-state index contributed by atoms with van der Waals surface area (Å²) in [5.41, 5.74) is 1.46. The molecule has 0 bridgehead atoms. The Morgan fingerprint density at radius 3 is 2.57 bits per heavy atom. The number of hydrogen-bond acceptors (Lipinski definition) is 4. The molecule has 0 spiro atoms. The molecule has 6 nitrogen and oxygen atoms in total. The van der Waals surface area contributed by atoms with Crippen molar-refractivity contribution in [1.29, 1.82) is 0 Å². The van der Waals surface area contributed by atoms with E-state index in [0.29, 0.717) is 17.0 Å². The van der Waals surface area contributed by atoms with E-state index in [4.69, 9.17) is 16.0 Å². The van der Waals surface area contributed by atoms with Crippen LogP contribution in [-0.4, -0.2) is 14.3 Å². The Hall–Kier alpha value is -2.84. The molecule has 2 N–H and O–H groups in total. The molecule has 9 heteroatoms. The summed E-state index contributed by atoms with van der Waals surface area (Å²) in [6.07, 6.45) is 1.39. The maximum atomic E-state index is 13.3. The van der Waals surface area contributed by atoms with Gasteiger partial charge in [0.05, 0.1) is 11.3 Å². The average molecular weight is 423 g/mol. The van der Waals surface area contributed by atoms with Gasteiger partial charge in [0.15, 0.2) is 0 Å². The van der Waals surface area contributed by atoms with Gasteiger partial charge in [-0.25, -0.2) is 12.8 Å². The Kier molecular flexibility index (Phi) is 5.71. The zero-order chi connectivity index (χ0) is 20.3. The summed E-state index contributed by atoms with van der Waals surface area (Å²) in [5, 5.41) is 2.49. The Balaban J connectivity index is 1.78. The predicted octanol–water partition coefficient (Wildman–Crippen LogP) is 4.57. The van der Waals surface area contributed by atoms with Crippen LogP contribution in [0.4, 0.5) is 15.8 Å². The van der Waals surface area contributed by atoms with E-state index in [1.807, 2.05) is 0 Å². The van der Waals surface area contributed by atoms with E-state index in [1.54, 1.807) is 31.2 Å². The fourth-order valence-corrected chi connectivity index (χ4v) is 3.78. The van der Waals surface area contributed by atoms with Gasteiger partial charge < -0.3 is 9.73 Å². The van der Waals surface area contributed by atoms with Crippen LogP contribution in [0.2, 0.25) is 5.02 Å². The van der Waals surface area contributed by atoms with Gasteiger partial charge in [-0.3, -0.25) is 9.52 Å². The van der Waals surface area contributed by atoms with Crippen LogP contribution in [0.1, 0.15) is 21.7 Å². The first-order chi connectivity index (χ1) is 13.2. The van der Waals surface area contributed by atoms with E-state index in [1.165, 1.54) is 24.5 Å². The largest absolute Gasteiger partial charge is 0.468 e. The Morgan fingerprint density at radius 1 is 1.14 bits per heavy atom. The number of carbonyl (C=O) groups is 1. The minimum atomic E-state index is -3.72. The van der Waals surface area contributed by atoms with Crippen molar-refractivity contribution in [2.24, 2.45) is 0 Å². The lowest BCUT2D eigenvalue weighted by Gasteiger charge is -2.12. The minimum Gasteiger partial charge on any atom is -0.468 e. The second-order valence-electron chi connectivity index (χ2n) is 6.05. The maximum absolute atomic E-state index is 13.3. The van der Waals surface area contributed by atoms with Crippen LogP contribution >= 0.6 is 11.6 Å². The predicted molar refractivity (Wildman–Crippen MR) is 105 cm³/mol. The standard InChI is InChI=1S/C19H16ClFN2O4S/c1-12-4-5-14(23-28(25,26)11-15-3-2-8-27-15)9-16(12)19(24)22-13-6-7-18(21)17(20)10-13/h2-10,23H,11H2,1H3,(H,22,24). The molecule has 146 valence electrons. The number of carbonyl (C=O) groups excluding carboxylic acids is 1. The van der Waals surface area contributed by atoms with Crippen molar-refractivity contribution in [3.63, 3.8) is 0 Å². The number of nitrogens with one attached hydrogen (secondary N) is 2. The van der Waals surface area contributed by atoms with Crippen molar-refractivity contribution in [2.45, 2.75) is 12.7 Å². The van der Waals surface area contributed by atoms with Gasteiger partial charge in [-0.1, -0.05) is 17.7 Å². The molecule has 0 unspecified atom stereocenters. The molecule has 3 rings (SSSR count). The lowest BCUT2D eigenvalue weighted by atomic mass is 10.1. The van der Waals surface area contributed by atoms with Crippen LogP contribution in [0.5, 0.6) is 0 Å². The summed E-state index contributed by atoms with van der Waals surface area (Å²) < 4.78 is 45.3. The summed E-state index contributed by atoms with van der Waals surface area (Å²) in [4.78, 5) is 12.6. The van der Waals surface area contributed by atoms with Crippen molar-refractivity contribution in [1.82, 2.24) is 0 Å². The van der Waals surface area contributed by atoms with Crippen molar-refractivity contribution in [2.75, 3.05) is 10.0 Å². The smallest absolute Gasteiger partial charge is 0.256 e. The van der Waals surface area contributed by atoms with E-state index < -0.39 is 21.7 Å². The molecule has 2 aromatic carbocycles. The molecule has 3 aromatic rings. The van der Waals surface area contributed by atoms with Crippen LogP contribution in [-0.2, 0) is 15.8 Å². The minimum absolute atomic E-state index is 0.117. The van der Waals surface area contributed by atoms with Gasteiger partial charge in [0.25, 0.3) is 5.91 Å². The summed E-state index contributed by atoms with van der Waals surface area (Å²) in [6.45, 7) is 1.72. The van der Waals surface area contributed by atoms with Crippen molar-refractivity contribution in [3.05, 3.63) is 82.5 Å². The number of aryl methyl sites for hydroxylation is 1. The van der Waals surface area contributed by atoms with Gasteiger partial charge in [0.2, 0.25) is 10.0 Å². The highest BCUT2D eigenvalue weighted by atomic mass is 35.5. The molecule has 1 aromatic heterocycles. The first-order valence-electron chi connectivity index (χ1n) is 8.13. The number of furan rings is 1. The van der Waals surface area contributed by atoms with E-state index in [9.17, 15) is 17.6 Å². The first-order valence-corrected chi connectivity index (χ1v) is 10.2. The third kappa shape index (κ3) is 4.90. The van der Waals surface area contributed by atoms with Crippen molar-refractivity contribution >= 4 is 38.9 Å². The number of sulfonamides is 1. The highest BCUT2D eigenvalue weighted by Crippen LogP contribution is 2.22. The van der Waals surface area contributed by atoms with E-state index >= 15 is 0 Å². The molecule has 0 fully saturated rings. The summed E-state index contributed by atoms with van der Waals surface area (Å²) >= 11 is 5.72. The number of benzene rings is 2.